The summed E-state index contributed by atoms with van der Waals surface area (Å²) in [6, 6.07) is 7.98. The highest BCUT2D eigenvalue weighted by Crippen LogP contribution is 2.10. The Labute approximate surface area is 262 Å². The number of likely N-dealkylation sites (N-methyl/N-ethyl adjacent to an activating group) is 1. The molecule has 0 saturated heterocycles. The SMILES string of the molecule is CNCCOCCOCCOCCOCCOCCOCCOCCOCCOCCOCCOS(=O)(=O)c1ccccc1. The molecule has 0 aliphatic rings. The van der Waals surface area contributed by atoms with E-state index < -0.39 is 10.1 Å². The van der Waals surface area contributed by atoms with Gasteiger partial charge in [-0.2, -0.15) is 8.42 Å². The fraction of sp³-hybridized carbons (Fsp3) is 0.793. The van der Waals surface area contributed by atoms with E-state index in [-0.39, 0.29) is 18.1 Å². The fourth-order valence-electron chi connectivity index (χ4n) is 3.11. The molecule has 1 N–H and O–H groups in total. The van der Waals surface area contributed by atoms with Crippen molar-refractivity contribution in [2.45, 2.75) is 4.90 Å². The second-order valence-electron chi connectivity index (χ2n) is 8.82. The van der Waals surface area contributed by atoms with Gasteiger partial charge in [0.25, 0.3) is 10.1 Å². The lowest BCUT2D eigenvalue weighted by molar-refractivity contribution is -0.0266. The third kappa shape index (κ3) is 27.0. The van der Waals surface area contributed by atoms with Gasteiger partial charge in [0, 0.05) is 6.54 Å². The molecule has 0 aromatic heterocycles. The van der Waals surface area contributed by atoms with Crippen molar-refractivity contribution in [3.63, 3.8) is 0 Å². The molecular weight excluding hydrogens is 602 g/mol. The van der Waals surface area contributed by atoms with E-state index in [1.165, 1.54) is 12.1 Å². The molecule has 0 heterocycles. The Bertz CT molecular complexity index is 821. The van der Waals surface area contributed by atoms with Gasteiger partial charge < -0.3 is 52.7 Å². The summed E-state index contributed by atoms with van der Waals surface area (Å²) in [4.78, 5) is 0.121. The summed E-state index contributed by atoms with van der Waals surface area (Å²) in [6.45, 7) is 10.3. The summed E-state index contributed by atoms with van der Waals surface area (Å²) in [5, 5.41) is 3.01. The number of rotatable bonds is 35. The lowest BCUT2D eigenvalue weighted by atomic mass is 10.4. The zero-order valence-electron chi connectivity index (χ0n) is 26.2. The second kappa shape index (κ2) is 31.7. The summed E-state index contributed by atoms with van der Waals surface area (Å²) in [5.74, 6) is 0. The summed E-state index contributed by atoms with van der Waals surface area (Å²) < 4.78 is 83.0. The van der Waals surface area contributed by atoms with Crippen molar-refractivity contribution < 1.29 is 60.0 Å². The summed E-state index contributed by atoms with van der Waals surface area (Å²) >= 11 is 0. The first-order chi connectivity index (χ1) is 21.7. The Morgan fingerprint density at radius 2 is 0.705 bits per heavy atom. The minimum Gasteiger partial charge on any atom is -0.378 e. The van der Waals surface area contributed by atoms with Crippen LogP contribution in [0, 0.1) is 0 Å². The van der Waals surface area contributed by atoms with Gasteiger partial charge in [-0.3, -0.25) is 4.18 Å². The van der Waals surface area contributed by atoms with Crippen LogP contribution in [0.1, 0.15) is 0 Å². The molecule has 0 aliphatic heterocycles. The van der Waals surface area contributed by atoms with Crippen molar-refractivity contribution in [3.8, 4) is 0 Å². The van der Waals surface area contributed by atoms with E-state index in [0.717, 1.165) is 6.54 Å². The minimum absolute atomic E-state index is 0.0568. The van der Waals surface area contributed by atoms with Crippen LogP contribution in [-0.4, -0.2) is 161 Å². The zero-order chi connectivity index (χ0) is 31.7. The van der Waals surface area contributed by atoms with Crippen molar-refractivity contribution in [2.24, 2.45) is 0 Å². The molecule has 0 fully saturated rings. The van der Waals surface area contributed by atoms with E-state index in [0.29, 0.717) is 126 Å². The topological polar surface area (TPSA) is 148 Å². The van der Waals surface area contributed by atoms with Crippen LogP contribution in [-0.2, 0) is 61.7 Å². The number of nitrogens with one attached hydrogen (secondary N) is 1. The molecule has 0 bridgehead atoms. The first kappa shape index (κ1) is 40.7. The Balaban J connectivity index is 1.67. The van der Waals surface area contributed by atoms with E-state index in [4.69, 9.17) is 51.6 Å². The van der Waals surface area contributed by atoms with E-state index >= 15 is 0 Å². The molecule has 1 aromatic carbocycles. The van der Waals surface area contributed by atoms with Crippen LogP contribution >= 0.6 is 0 Å². The van der Waals surface area contributed by atoms with E-state index in [1.54, 1.807) is 18.2 Å². The van der Waals surface area contributed by atoms with Gasteiger partial charge in [-0.15, -0.1) is 0 Å². The molecule has 0 radical (unpaired) electrons. The first-order valence-electron chi connectivity index (χ1n) is 15.0. The summed E-state index contributed by atoms with van der Waals surface area (Å²) in [6.07, 6.45) is 0. The smallest absolute Gasteiger partial charge is 0.297 e. The largest absolute Gasteiger partial charge is 0.378 e. The molecule has 44 heavy (non-hydrogen) atoms. The number of benzene rings is 1. The Hall–Kier alpha value is -1.31. The Morgan fingerprint density at radius 3 is 1.00 bits per heavy atom. The second-order valence-corrected chi connectivity index (χ2v) is 10.4. The highest BCUT2D eigenvalue weighted by molar-refractivity contribution is 7.86. The highest BCUT2D eigenvalue weighted by atomic mass is 32.2. The first-order valence-corrected chi connectivity index (χ1v) is 16.4. The van der Waals surface area contributed by atoms with Crippen LogP contribution in [0.15, 0.2) is 35.2 Å². The molecule has 0 atom stereocenters. The molecule has 0 amide bonds. The van der Waals surface area contributed by atoms with Crippen molar-refractivity contribution in [1.29, 1.82) is 0 Å². The molecule has 15 heteroatoms. The van der Waals surface area contributed by atoms with Gasteiger partial charge >= 0.3 is 0 Å². The van der Waals surface area contributed by atoms with E-state index in [2.05, 4.69) is 5.32 Å². The molecule has 0 saturated carbocycles. The maximum atomic E-state index is 12.0. The van der Waals surface area contributed by atoms with E-state index in [1.807, 2.05) is 7.05 Å². The van der Waals surface area contributed by atoms with Crippen molar-refractivity contribution in [2.75, 3.05) is 152 Å². The lowest BCUT2D eigenvalue weighted by Crippen LogP contribution is -2.17. The van der Waals surface area contributed by atoms with Gasteiger partial charge in [0.2, 0.25) is 0 Å². The Morgan fingerprint density at radius 1 is 0.432 bits per heavy atom. The average Bonchev–Trinajstić information content (AvgIpc) is 3.03. The van der Waals surface area contributed by atoms with Crippen LogP contribution < -0.4 is 5.32 Å². The van der Waals surface area contributed by atoms with Gasteiger partial charge in [0.1, 0.15) is 0 Å². The molecule has 0 spiro atoms. The van der Waals surface area contributed by atoms with Crippen LogP contribution in [0.25, 0.3) is 0 Å². The maximum absolute atomic E-state index is 12.0. The number of ether oxygens (including phenoxy) is 10. The molecule has 1 rings (SSSR count). The molecule has 0 aliphatic carbocycles. The van der Waals surface area contributed by atoms with Gasteiger partial charge in [-0.05, 0) is 19.2 Å². The zero-order valence-corrected chi connectivity index (χ0v) is 27.0. The minimum atomic E-state index is -3.75. The fourth-order valence-corrected chi connectivity index (χ4v) is 4.03. The predicted octanol–water partition coefficient (Wildman–Crippen LogP) is 0.777. The lowest BCUT2D eigenvalue weighted by Gasteiger charge is -2.09. The molecule has 0 unspecified atom stereocenters. The van der Waals surface area contributed by atoms with E-state index in [9.17, 15) is 8.42 Å². The normalized spacial score (nSPS) is 11.8. The molecular formula is C29H53NO13S. The maximum Gasteiger partial charge on any atom is 0.297 e. The average molecular weight is 656 g/mol. The van der Waals surface area contributed by atoms with Crippen LogP contribution in [0.5, 0.6) is 0 Å². The molecule has 1 aromatic rings. The van der Waals surface area contributed by atoms with Crippen LogP contribution in [0.4, 0.5) is 0 Å². The number of hydrogen-bond donors (Lipinski definition) is 1. The van der Waals surface area contributed by atoms with Gasteiger partial charge in [0.15, 0.2) is 0 Å². The summed E-state index contributed by atoms with van der Waals surface area (Å²) in [5.41, 5.74) is 0. The van der Waals surface area contributed by atoms with Crippen molar-refractivity contribution >= 4 is 10.1 Å². The Kier molecular flexibility index (Phi) is 29.3. The standard InChI is InChI=1S/C29H53NO13S/c1-30-7-8-33-9-10-34-11-12-35-13-14-36-15-16-37-17-18-38-19-20-39-21-22-40-23-24-41-25-26-42-27-28-43-44(31,32)29-5-3-2-4-6-29/h2-6,30H,7-28H2,1H3. The van der Waals surface area contributed by atoms with Crippen molar-refractivity contribution in [3.05, 3.63) is 30.3 Å². The third-order valence-corrected chi connectivity index (χ3v) is 6.67. The van der Waals surface area contributed by atoms with Gasteiger partial charge in [-0.25, -0.2) is 0 Å². The van der Waals surface area contributed by atoms with Gasteiger partial charge in [0.05, 0.1) is 144 Å². The molecule has 258 valence electrons. The van der Waals surface area contributed by atoms with Gasteiger partial charge in [-0.1, -0.05) is 18.2 Å². The third-order valence-electron chi connectivity index (χ3n) is 5.34. The quantitative estimate of drug-likeness (QED) is 0.0811. The van der Waals surface area contributed by atoms with Crippen LogP contribution in [0.2, 0.25) is 0 Å². The number of hydrogen-bond acceptors (Lipinski definition) is 14. The summed E-state index contributed by atoms with van der Waals surface area (Å²) in [7, 11) is -1.86. The highest BCUT2D eigenvalue weighted by Gasteiger charge is 2.13. The van der Waals surface area contributed by atoms with Crippen LogP contribution in [0.3, 0.4) is 0 Å². The molecule has 14 nitrogen and oxygen atoms in total. The predicted molar refractivity (Wildman–Crippen MR) is 162 cm³/mol. The van der Waals surface area contributed by atoms with Crippen molar-refractivity contribution in [1.82, 2.24) is 5.32 Å². The monoisotopic (exact) mass is 655 g/mol.